The Labute approximate surface area is 83.4 Å². The Bertz CT molecular complexity index is 324. The van der Waals surface area contributed by atoms with E-state index in [1.807, 2.05) is 7.05 Å². The number of allylic oxidation sites excluding steroid dienone is 1. The van der Waals surface area contributed by atoms with Crippen molar-refractivity contribution in [2.45, 2.75) is 25.2 Å². The molecule has 4 nitrogen and oxygen atoms in total. The molecule has 0 aliphatic heterocycles. The second-order valence-electron chi connectivity index (χ2n) is 3.76. The Kier molecular flexibility index (Phi) is 2.63. The molecule has 0 saturated heterocycles. The van der Waals surface area contributed by atoms with Crippen molar-refractivity contribution in [2.24, 2.45) is 0 Å². The number of hydrogen-bond acceptors (Lipinski definition) is 4. The van der Waals surface area contributed by atoms with Crippen molar-refractivity contribution in [3.05, 3.63) is 23.9 Å². The summed E-state index contributed by atoms with van der Waals surface area (Å²) < 4.78 is 5.18. The number of nitrogens with one attached hydrogen (secondary N) is 1. The first-order valence-corrected chi connectivity index (χ1v) is 4.93. The average Bonchev–Trinajstić information content (AvgIpc) is 2.58. The molecule has 0 spiro atoms. The third-order valence-electron chi connectivity index (χ3n) is 2.50. The highest BCUT2D eigenvalue weighted by atomic mass is 16.5. The monoisotopic (exact) mass is 193 g/mol. The van der Waals surface area contributed by atoms with Crippen LogP contribution in [-0.4, -0.2) is 23.7 Å². The van der Waals surface area contributed by atoms with E-state index in [0.29, 0.717) is 5.92 Å². The molecule has 1 aromatic rings. The summed E-state index contributed by atoms with van der Waals surface area (Å²) in [6.07, 6.45) is 2.84. The van der Waals surface area contributed by atoms with Crippen LogP contribution in [0.25, 0.3) is 0 Å². The van der Waals surface area contributed by atoms with Gasteiger partial charge in [0, 0.05) is 18.9 Å². The maximum absolute atomic E-state index is 5.18. The van der Waals surface area contributed by atoms with Gasteiger partial charge in [0.15, 0.2) is 5.82 Å². The summed E-state index contributed by atoms with van der Waals surface area (Å²) >= 11 is 0. The van der Waals surface area contributed by atoms with Gasteiger partial charge in [0.1, 0.15) is 0 Å². The molecule has 0 unspecified atom stereocenters. The summed E-state index contributed by atoms with van der Waals surface area (Å²) in [5.74, 6) is 2.01. The van der Waals surface area contributed by atoms with Crippen molar-refractivity contribution < 1.29 is 4.52 Å². The predicted octanol–water partition coefficient (Wildman–Crippen LogP) is 1.27. The zero-order valence-corrected chi connectivity index (χ0v) is 8.42. The lowest BCUT2D eigenvalue weighted by Crippen LogP contribution is -2.13. The Morgan fingerprint density at radius 1 is 1.57 bits per heavy atom. The van der Waals surface area contributed by atoms with Crippen molar-refractivity contribution in [1.82, 2.24) is 15.5 Å². The lowest BCUT2D eigenvalue weighted by atomic mass is 9.81. The van der Waals surface area contributed by atoms with Gasteiger partial charge in [0.25, 0.3) is 0 Å². The zero-order valence-electron chi connectivity index (χ0n) is 8.42. The summed E-state index contributed by atoms with van der Waals surface area (Å²) in [5.41, 5.74) is 1.28. The highest BCUT2D eigenvalue weighted by Gasteiger charge is 2.28. The van der Waals surface area contributed by atoms with E-state index in [0.717, 1.165) is 37.5 Å². The molecule has 76 valence electrons. The SMILES string of the molecule is C=C1CC(c2nc(CCNC)no2)C1. The van der Waals surface area contributed by atoms with E-state index in [4.69, 9.17) is 4.52 Å². The second-order valence-corrected chi connectivity index (χ2v) is 3.76. The van der Waals surface area contributed by atoms with Crippen LogP contribution in [0, 0.1) is 0 Å². The van der Waals surface area contributed by atoms with Gasteiger partial charge in [0.2, 0.25) is 5.89 Å². The number of nitrogens with zero attached hydrogens (tertiary/aromatic N) is 2. The lowest BCUT2D eigenvalue weighted by molar-refractivity contribution is 0.327. The molecule has 0 radical (unpaired) electrons. The second kappa shape index (κ2) is 3.92. The van der Waals surface area contributed by atoms with Gasteiger partial charge in [-0.3, -0.25) is 0 Å². The maximum atomic E-state index is 5.18. The smallest absolute Gasteiger partial charge is 0.230 e. The molecule has 0 amide bonds. The quantitative estimate of drug-likeness (QED) is 0.731. The van der Waals surface area contributed by atoms with Crippen LogP contribution in [0.3, 0.4) is 0 Å². The van der Waals surface area contributed by atoms with Gasteiger partial charge in [-0.25, -0.2) is 0 Å². The molecular formula is C10H15N3O. The molecule has 1 aromatic heterocycles. The minimum atomic E-state index is 0.429. The molecule has 1 aliphatic carbocycles. The van der Waals surface area contributed by atoms with Gasteiger partial charge in [-0.1, -0.05) is 17.3 Å². The van der Waals surface area contributed by atoms with Crippen LogP contribution in [0.5, 0.6) is 0 Å². The van der Waals surface area contributed by atoms with E-state index in [9.17, 15) is 0 Å². The summed E-state index contributed by atoms with van der Waals surface area (Å²) in [6, 6.07) is 0. The first-order valence-electron chi connectivity index (χ1n) is 4.93. The third kappa shape index (κ3) is 1.85. The van der Waals surface area contributed by atoms with Crippen LogP contribution in [-0.2, 0) is 6.42 Å². The Morgan fingerprint density at radius 3 is 3.00 bits per heavy atom. The van der Waals surface area contributed by atoms with Gasteiger partial charge in [-0.15, -0.1) is 0 Å². The molecule has 14 heavy (non-hydrogen) atoms. The van der Waals surface area contributed by atoms with E-state index < -0.39 is 0 Å². The van der Waals surface area contributed by atoms with E-state index in [1.165, 1.54) is 5.57 Å². The Hall–Kier alpha value is -1.16. The number of hydrogen-bond donors (Lipinski definition) is 1. The Balaban J connectivity index is 1.93. The van der Waals surface area contributed by atoms with Crippen LogP contribution in [0.2, 0.25) is 0 Å². The molecule has 0 bridgehead atoms. The first kappa shape index (κ1) is 9.40. The molecule has 1 saturated carbocycles. The fourth-order valence-electron chi connectivity index (χ4n) is 1.58. The minimum absolute atomic E-state index is 0.429. The zero-order chi connectivity index (χ0) is 9.97. The van der Waals surface area contributed by atoms with E-state index in [2.05, 4.69) is 22.0 Å². The average molecular weight is 193 g/mol. The van der Waals surface area contributed by atoms with Gasteiger partial charge in [-0.05, 0) is 19.9 Å². The van der Waals surface area contributed by atoms with Crippen LogP contribution < -0.4 is 5.32 Å². The molecule has 1 aliphatic rings. The van der Waals surface area contributed by atoms with Crippen molar-refractivity contribution in [3.8, 4) is 0 Å². The van der Waals surface area contributed by atoms with Crippen LogP contribution >= 0.6 is 0 Å². The molecule has 2 rings (SSSR count). The van der Waals surface area contributed by atoms with E-state index in [-0.39, 0.29) is 0 Å². The summed E-state index contributed by atoms with van der Waals surface area (Å²) in [4.78, 5) is 4.35. The molecule has 0 atom stereocenters. The lowest BCUT2D eigenvalue weighted by Gasteiger charge is -2.24. The molecule has 1 heterocycles. The van der Waals surface area contributed by atoms with Crippen LogP contribution in [0.4, 0.5) is 0 Å². The summed E-state index contributed by atoms with van der Waals surface area (Å²) in [6.45, 7) is 4.78. The fraction of sp³-hybridized carbons (Fsp3) is 0.600. The van der Waals surface area contributed by atoms with Crippen LogP contribution in [0.15, 0.2) is 16.7 Å². The van der Waals surface area contributed by atoms with E-state index >= 15 is 0 Å². The Morgan fingerprint density at radius 2 is 2.36 bits per heavy atom. The maximum Gasteiger partial charge on any atom is 0.230 e. The van der Waals surface area contributed by atoms with Gasteiger partial charge in [-0.2, -0.15) is 4.98 Å². The summed E-state index contributed by atoms with van der Waals surface area (Å²) in [7, 11) is 1.91. The van der Waals surface area contributed by atoms with Crippen molar-refractivity contribution in [2.75, 3.05) is 13.6 Å². The first-order chi connectivity index (χ1) is 6.79. The topological polar surface area (TPSA) is 51.0 Å². The normalized spacial score (nSPS) is 17.1. The third-order valence-corrected chi connectivity index (χ3v) is 2.50. The number of aromatic nitrogens is 2. The molecular weight excluding hydrogens is 178 g/mol. The van der Waals surface area contributed by atoms with Crippen LogP contribution in [0.1, 0.15) is 30.5 Å². The van der Waals surface area contributed by atoms with Gasteiger partial charge in [0.05, 0.1) is 0 Å². The molecule has 0 aromatic carbocycles. The molecule has 1 fully saturated rings. The highest BCUT2D eigenvalue weighted by Crippen LogP contribution is 2.38. The number of rotatable bonds is 4. The predicted molar refractivity (Wildman–Crippen MR) is 53.0 cm³/mol. The van der Waals surface area contributed by atoms with Crippen molar-refractivity contribution in [1.29, 1.82) is 0 Å². The van der Waals surface area contributed by atoms with Gasteiger partial charge < -0.3 is 9.84 Å². The van der Waals surface area contributed by atoms with Crippen molar-refractivity contribution in [3.63, 3.8) is 0 Å². The highest BCUT2D eigenvalue weighted by molar-refractivity contribution is 5.17. The standard InChI is InChI=1S/C10H15N3O/c1-7-5-8(6-7)10-12-9(13-14-10)3-4-11-2/h8,11H,1,3-6H2,2H3. The summed E-state index contributed by atoms with van der Waals surface area (Å²) in [5, 5.41) is 6.98. The van der Waals surface area contributed by atoms with E-state index in [1.54, 1.807) is 0 Å². The largest absolute Gasteiger partial charge is 0.339 e. The van der Waals surface area contributed by atoms with Gasteiger partial charge >= 0.3 is 0 Å². The minimum Gasteiger partial charge on any atom is -0.339 e. The number of likely N-dealkylation sites (N-methyl/N-ethyl adjacent to an activating group) is 1. The fourth-order valence-corrected chi connectivity index (χ4v) is 1.58. The van der Waals surface area contributed by atoms with Crippen molar-refractivity contribution >= 4 is 0 Å². The molecule has 4 heteroatoms. The molecule has 1 N–H and O–H groups in total.